The average molecular weight is 760 g/mol. The second kappa shape index (κ2) is 11.8. The van der Waals surface area contributed by atoms with Gasteiger partial charge >= 0.3 is 6.18 Å². The molecule has 0 saturated carbocycles. The first-order valence-corrected chi connectivity index (χ1v) is 19.1. The molecular weight excluding hydrogens is 732 g/mol. The van der Waals surface area contributed by atoms with Crippen molar-refractivity contribution < 1.29 is 22.0 Å². The molecule has 0 amide bonds. The number of allylic oxidation sites excluding steroid dienone is 1. The lowest BCUT2D eigenvalue weighted by Crippen LogP contribution is -2.12. The average Bonchev–Trinajstić information content (AvgIpc) is 4.00. The Bertz CT molecular complexity index is 3640. The first-order valence-electron chi connectivity index (χ1n) is 19.1. The summed E-state index contributed by atoms with van der Waals surface area (Å²) in [5, 5.41) is 16.3. The van der Waals surface area contributed by atoms with Crippen LogP contribution in [0.1, 0.15) is 28.8 Å². The van der Waals surface area contributed by atoms with Crippen molar-refractivity contribution in [2.24, 2.45) is 0 Å². The molecule has 7 aromatic carbocycles. The molecule has 4 heterocycles. The molecule has 276 valence electrons. The lowest BCUT2D eigenvalue weighted by atomic mass is 9.96. The number of para-hydroxylation sites is 3. The highest BCUT2D eigenvalue weighted by Gasteiger charge is 2.35. The standard InChI is InChI=1S/C50H28F3N3O2/c51-50(52,53)30-25-41(55-39-16-5-1-12-31(39)35-20-22-37-33-14-3-7-18-43(33)57-48(37)46(35)55)45(29-11-9-10-28(24-29)27-54)42(26-30)56-40-17-6-2-13-32(40)36-21-23-38-34-15-4-8-19-44(34)58-49(38)47(36)56/h1-5,7-16,18-26H,6,17H2. The smallest absolute Gasteiger partial charge is 0.416 e. The highest BCUT2D eigenvalue weighted by molar-refractivity contribution is 6.22. The number of furan rings is 2. The summed E-state index contributed by atoms with van der Waals surface area (Å²) in [5.41, 5.74) is 7.78. The maximum absolute atomic E-state index is 15.6. The van der Waals surface area contributed by atoms with E-state index in [0.717, 1.165) is 54.5 Å². The van der Waals surface area contributed by atoms with Gasteiger partial charge in [-0.15, -0.1) is 0 Å². The molecule has 5 nitrogen and oxygen atoms in total. The van der Waals surface area contributed by atoms with Crippen LogP contribution in [0, 0.1) is 11.3 Å². The number of fused-ring (bicyclic) bond motifs is 14. The molecule has 0 radical (unpaired) electrons. The second-order valence-electron chi connectivity index (χ2n) is 14.9. The molecule has 0 bridgehead atoms. The quantitative estimate of drug-likeness (QED) is 0.180. The third-order valence-electron chi connectivity index (χ3n) is 11.8. The van der Waals surface area contributed by atoms with Gasteiger partial charge < -0.3 is 18.0 Å². The minimum absolute atomic E-state index is 0.304. The minimum Gasteiger partial charge on any atom is -0.454 e. The summed E-state index contributed by atoms with van der Waals surface area (Å²) in [7, 11) is 0. The van der Waals surface area contributed by atoms with E-state index in [1.807, 2.05) is 106 Å². The molecule has 11 aromatic rings. The van der Waals surface area contributed by atoms with E-state index < -0.39 is 11.7 Å². The molecule has 0 fully saturated rings. The van der Waals surface area contributed by atoms with Gasteiger partial charge in [0.1, 0.15) is 11.2 Å². The highest BCUT2D eigenvalue weighted by atomic mass is 19.4. The lowest BCUT2D eigenvalue weighted by molar-refractivity contribution is -0.137. The molecule has 1 aliphatic rings. The fourth-order valence-corrected chi connectivity index (χ4v) is 9.39. The Morgan fingerprint density at radius 3 is 1.88 bits per heavy atom. The molecule has 12 rings (SSSR count). The number of halogens is 3. The van der Waals surface area contributed by atoms with Crippen LogP contribution in [0.15, 0.2) is 148 Å². The Balaban J connectivity index is 1.33. The SMILES string of the molecule is N#Cc1cccc(-c2c(-n3c4c(c5ccc6c7ccccc7oc6c53)C=CCC4)cc(C(F)(F)F)cc2-n2c3ccccc3c3ccc4c5ccccc5oc4c32)c1. The molecule has 8 heteroatoms. The van der Waals surface area contributed by atoms with Gasteiger partial charge in [0.2, 0.25) is 0 Å². The van der Waals surface area contributed by atoms with Crippen LogP contribution in [0.2, 0.25) is 0 Å². The van der Waals surface area contributed by atoms with E-state index >= 15 is 13.2 Å². The summed E-state index contributed by atoms with van der Waals surface area (Å²) < 4.78 is 64.1. The van der Waals surface area contributed by atoms with Crippen LogP contribution in [-0.4, -0.2) is 9.13 Å². The number of hydrogen-bond acceptors (Lipinski definition) is 3. The van der Waals surface area contributed by atoms with Crippen LogP contribution in [0.5, 0.6) is 0 Å². The molecule has 58 heavy (non-hydrogen) atoms. The van der Waals surface area contributed by atoms with Gasteiger partial charge in [-0.1, -0.05) is 91.0 Å². The third-order valence-corrected chi connectivity index (χ3v) is 11.8. The molecule has 0 spiro atoms. The van der Waals surface area contributed by atoms with E-state index in [9.17, 15) is 5.26 Å². The van der Waals surface area contributed by atoms with Crippen molar-refractivity contribution in [3.05, 3.63) is 162 Å². The molecule has 0 saturated heterocycles. The number of nitriles is 1. The van der Waals surface area contributed by atoms with Crippen LogP contribution in [0.4, 0.5) is 13.2 Å². The van der Waals surface area contributed by atoms with Gasteiger partial charge in [0.15, 0.2) is 11.2 Å². The Labute approximate surface area is 327 Å². The largest absolute Gasteiger partial charge is 0.454 e. The molecule has 0 N–H and O–H groups in total. The van der Waals surface area contributed by atoms with Gasteiger partial charge in [-0.3, -0.25) is 0 Å². The first kappa shape index (κ1) is 32.7. The summed E-state index contributed by atoms with van der Waals surface area (Å²) in [6, 6.07) is 43.4. The molecule has 0 unspecified atom stereocenters. The second-order valence-corrected chi connectivity index (χ2v) is 14.9. The Kier molecular flexibility index (Phi) is 6.63. The van der Waals surface area contributed by atoms with Crippen LogP contribution in [0.3, 0.4) is 0 Å². The Morgan fingerprint density at radius 2 is 1.19 bits per heavy atom. The fourth-order valence-electron chi connectivity index (χ4n) is 9.39. The summed E-state index contributed by atoms with van der Waals surface area (Å²) in [5.74, 6) is 0. The summed E-state index contributed by atoms with van der Waals surface area (Å²) in [4.78, 5) is 0. The monoisotopic (exact) mass is 759 g/mol. The van der Waals surface area contributed by atoms with Crippen LogP contribution < -0.4 is 0 Å². The van der Waals surface area contributed by atoms with Crippen molar-refractivity contribution in [3.63, 3.8) is 0 Å². The van der Waals surface area contributed by atoms with Crippen molar-refractivity contribution in [1.29, 1.82) is 5.26 Å². The predicted molar refractivity (Wildman–Crippen MR) is 225 cm³/mol. The zero-order chi connectivity index (χ0) is 38.9. The summed E-state index contributed by atoms with van der Waals surface area (Å²) >= 11 is 0. The van der Waals surface area contributed by atoms with Gasteiger partial charge in [-0.2, -0.15) is 18.4 Å². The van der Waals surface area contributed by atoms with Crippen LogP contribution >= 0.6 is 0 Å². The maximum Gasteiger partial charge on any atom is 0.416 e. The van der Waals surface area contributed by atoms with Gasteiger partial charge in [0.25, 0.3) is 0 Å². The summed E-state index contributed by atoms with van der Waals surface area (Å²) in [6.45, 7) is 0. The third kappa shape index (κ3) is 4.47. The maximum atomic E-state index is 15.6. The van der Waals surface area contributed by atoms with Crippen molar-refractivity contribution in [1.82, 2.24) is 9.13 Å². The van der Waals surface area contributed by atoms with Crippen molar-refractivity contribution in [3.8, 4) is 28.6 Å². The Morgan fingerprint density at radius 1 is 0.586 bits per heavy atom. The molecule has 0 atom stereocenters. The first-order chi connectivity index (χ1) is 28.4. The number of benzene rings is 7. The summed E-state index contributed by atoms with van der Waals surface area (Å²) in [6.07, 6.45) is 0.777. The van der Waals surface area contributed by atoms with Gasteiger partial charge in [0, 0.05) is 54.5 Å². The Hall–Kier alpha value is -7.50. The van der Waals surface area contributed by atoms with Crippen LogP contribution in [0.25, 0.3) is 105 Å². The van der Waals surface area contributed by atoms with E-state index in [0.29, 0.717) is 74.3 Å². The number of hydrogen-bond donors (Lipinski definition) is 0. The zero-order valence-electron chi connectivity index (χ0n) is 30.6. The fraction of sp³-hybridized carbons (Fsp3) is 0.0600. The normalized spacial score (nSPS) is 13.2. The van der Waals surface area contributed by atoms with Gasteiger partial charge in [-0.25, -0.2) is 0 Å². The number of rotatable bonds is 3. The molecule has 4 aromatic heterocycles. The lowest BCUT2D eigenvalue weighted by Gasteiger charge is -2.24. The van der Waals surface area contributed by atoms with E-state index in [-0.39, 0.29) is 0 Å². The van der Waals surface area contributed by atoms with Crippen molar-refractivity contribution in [2.45, 2.75) is 19.0 Å². The number of nitrogens with zero attached hydrogens (tertiary/aromatic N) is 3. The molecule has 1 aliphatic carbocycles. The van der Waals surface area contributed by atoms with E-state index in [1.165, 1.54) is 12.1 Å². The zero-order valence-corrected chi connectivity index (χ0v) is 30.6. The van der Waals surface area contributed by atoms with E-state index in [2.05, 4.69) is 24.3 Å². The van der Waals surface area contributed by atoms with E-state index in [1.54, 1.807) is 18.2 Å². The highest BCUT2D eigenvalue weighted by Crippen LogP contribution is 2.48. The van der Waals surface area contributed by atoms with Crippen molar-refractivity contribution in [2.75, 3.05) is 0 Å². The van der Waals surface area contributed by atoms with E-state index in [4.69, 9.17) is 8.83 Å². The molecular formula is C50H28F3N3O2. The topological polar surface area (TPSA) is 59.9 Å². The van der Waals surface area contributed by atoms with Crippen molar-refractivity contribution >= 4 is 82.7 Å². The number of aromatic nitrogens is 2. The molecule has 0 aliphatic heterocycles. The number of alkyl halides is 3. The predicted octanol–water partition coefficient (Wildman–Crippen LogP) is 14.0. The van der Waals surface area contributed by atoms with Gasteiger partial charge in [0.05, 0.1) is 45.1 Å². The van der Waals surface area contributed by atoms with Gasteiger partial charge in [-0.05, 0) is 73.0 Å². The van der Waals surface area contributed by atoms with Crippen LogP contribution in [-0.2, 0) is 12.6 Å². The minimum atomic E-state index is -4.72.